The highest BCUT2D eigenvalue weighted by Crippen LogP contribution is 2.62. The molecule has 118 valence electrons. The van der Waals surface area contributed by atoms with E-state index in [1.54, 1.807) is 0 Å². The summed E-state index contributed by atoms with van der Waals surface area (Å²) in [6.45, 7) is 5.44. The van der Waals surface area contributed by atoms with Gasteiger partial charge < -0.3 is 15.4 Å². The molecule has 2 N–H and O–H groups in total. The maximum Gasteiger partial charge on any atom is 0.191 e. The molecule has 21 heavy (non-hydrogen) atoms. The molecule has 2 aliphatic heterocycles. The Labute approximate surface area is 128 Å². The van der Waals surface area contributed by atoms with E-state index in [2.05, 4.69) is 11.8 Å². The number of nitrogens with two attached hydrogens (primary N) is 1. The van der Waals surface area contributed by atoms with E-state index in [0.29, 0.717) is 23.5 Å². The van der Waals surface area contributed by atoms with Crippen molar-refractivity contribution in [1.82, 2.24) is 4.90 Å². The van der Waals surface area contributed by atoms with Gasteiger partial charge in [0, 0.05) is 31.0 Å². The first-order valence-corrected chi connectivity index (χ1v) is 8.90. The Morgan fingerprint density at radius 3 is 2.62 bits per heavy atom. The van der Waals surface area contributed by atoms with Gasteiger partial charge in [-0.05, 0) is 38.0 Å². The average molecular weight is 291 g/mol. The fourth-order valence-electron chi connectivity index (χ4n) is 5.30. The number of likely N-dealkylation sites (tertiary alicyclic amines) is 1. The van der Waals surface area contributed by atoms with E-state index in [0.717, 1.165) is 31.6 Å². The van der Waals surface area contributed by atoms with Crippen molar-refractivity contribution in [1.29, 1.82) is 0 Å². The standard InChI is InChI=1S/C17H29N3O/c1-12-4-9-20(10-5-12)16(18)19-14-13-6-11-21-15(13)17(14)7-2-3-8-17/h12-15H,2-11H2,1H3,(H2,18,19). The molecule has 0 aromatic rings. The topological polar surface area (TPSA) is 50.8 Å². The molecule has 0 aromatic carbocycles. The SMILES string of the molecule is CC1CCN(C(N)=NC2C3CCOC3C23CCCC3)CC1. The summed E-state index contributed by atoms with van der Waals surface area (Å²) in [6.07, 6.45) is 9.47. The van der Waals surface area contributed by atoms with Gasteiger partial charge in [-0.2, -0.15) is 0 Å². The van der Waals surface area contributed by atoms with Crippen LogP contribution in [0.5, 0.6) is 0 Å². The number of aliphatic imine (C=N–C) groups is 1. The second-order valence-electron chi connectivity index (χ2n) is 7.79. The lowest BCUT2D eigenvalue weighted by Gasteiger charge is -2.55. The molecule has 2 saturated heterocycles. The van der Waals surface area contributed by atoms with Gasteiger partial charge in [0.05, 0.1) is 12.1 Å². The van der Waals surface area contributed by atoms with E-state index < -0.39 is 0 Å². The third-order valence-electron chi connectivity index (χ3n) is 6.61. The average Bonchev–Trinajstić information content (AvgIpc) is 3.13. The summed E-state index contributed by atoms with van der Waals surface area (Å²) in [5.74, 6) is 2.29. The highest BCUT2D eigenvalue weighted by atomic mass is 16.5. The fourth-order valence-corrected chi connectivity index (χ4v) is 5.30. The molecule has 3 atom stereocenters. The van der Waals surface area contributed by atoms with Crippen LogP contribution in [-0.2, 0) is 4.74 Å². The summed E-state index contributed by atoms with van der Waals surface area (Å²) >= 11 is 0. The van der Waals surface area contributed by atoms with Crippen LogP contribution in [0.3, 0.4) is 0 Å². The van der Waals surface area contributed by atoms with Crippen LogP contribution in [0.4, 0.5) is 0 Å². The maximum atomic E-state index is 6.37. The van der Waals surface area contributed by atoms with Crippen LogP contribution in [0.15, 0.2) is 4.99 Å². The number of hydrogen-bond acceptors (Lipinski definition) is 2. The van der Waals surface area contributed by atoms with E-state index in [4.69, 9.17) is 15.5 Å². The monoisotopic (exact) mass is 291 g/mol. The lowest BCUT2D eigenvalue weighted by Crippen LogP contribution is -2.61. The molecular weight excluding hydrogens is 262 g/mol. The lowest BCUT2D eigenvalue weighted by molar-refractivity contribution is -0.117. The van der Waals surface area contributed by atoms with Gasteiger partial charge in [0.25, 0.3) is 0 Å². The zero-order chi connectivity index (χ0) is 14.4. The van der Waals surface area contributed by atoms with E-state index in [-0.39, 0.29) is 0 Å². The van der Waals surface area contributed by atoms with E-state index in [1.807, 2.05) is 0 Å². The van der Waals surface area contributed by atoms with Crippen LogP contribution < -0.4 is 5.73 Å². The minimum absolute atomic E-state index is 0.342. The number of fused-ring (bicyclic) bond motifs is 2. The Hall–Kier alpha value is -0.770. The van der Waals surface area contributed by atoms with Gasteiger partial charge in [0.1, 0.15) is 0 Å². The highest BCUT2D eigenvalue weighted by Gasteiger charge is 2.65. The largest absolute Gasteiger partial charge is 0.377 e. The predicted octanol–water partition coefficient (Wildman–Crippen LogP) is 2.38. The molecule has 4 aliphatic rings. The minimum Gasteiger partial charge on any atom is -0.377 e. The van der Waals surface area contributed by atoms with Crippen LogP contribution in [-0.4, -0.2) is 42.7 Å². The summed E-state index contributed by atoms with van der Waals surface area (Å²) in [4.78, 5) is 7.36. The quantitative estimate of drug-likeness (QED) is 0.596. The highest BCUT2D eigenvalue weighted by molar-refractivity contribution is 5.78. The van der Waals surface area contributed by atoms with E-state index >= 15 is 0 Å². The van der Waals surface area contributed by atoms with Crippen molar-refractivity contribution in [3.8, 4) is 0 Å². The molecule has 4 rings (SSSR count). The van der Waals surface area contributed by atoms with Crippen LogP contribution in [0.2, 0.25) is 0 Å². The van der Waals surface area contributed by atoms with Crippen LogP contribution in [0.25, 0.3) is 0 Å². The van der Waals surface area contributed by atoms with Crippen LogP contribution in [0, 0.1) is 17.3 Å². The van der Waals surface area contributed by atoms with E-state index in [9.17, 15) is 0 Å². The van der Waals surface area contributed by atoms with Crippen molar-refractivity contribution < 1.29 is 4.74 Å². The summed E-state index contributed by atoms with van der Waals surface area (Å²) in [5, 5.41) is 0. The normalized spacial score (nSPS) is 39.6. The van der Waals surface area contributed by atoms with Gasteiger partial charge >= 0.3 is 0 Å². The molecule has 0 aromatic heterocycles. The van der Waals surface area contributed by atoms with Gasteiger partial charge in [0.2, 0.25) is 0 Å². The molecule has 3 unspecified atom stereocenters. The number of nitrogens with zero attached hydrogens (tertiary/aromatic N) is 2. The van der Waals surface area contributed by atoms with Gasteiger partial charge in [0.15, 0.2) is 5.96 Å². The number of guanidine groups is 1. The first-order chi connectivity index (χ1) is 10.2. The van der Waals surface area contributed by atoms with Crippen LogP contribution >= 0.6 is 0 Å². The van der Waals surface area contributed by atoms with Gasteiger partial charge in [-0.25, -0.2) is 4.99 Å². The van der Waals surface area contributed by atoms with Crippen molar-refractivity contribution in [3.63, 3.8) is 0 Å². The van der Waals surface area contributed by atoms with Gasteiger partial charge in [-0.15, -0.1) is 0 Å². The first-order valence-electron chi connectivity index (χ1n) is 8.90. The van der Waals surface area contributed by atoms with Crippen molar-refractivity contribution in [3.05, 3.63) is 0 Å². The predicted molar refractivity (Wildman–Crippen MR) is 84.1 cm³/mol. The zero-order valence-corrected chi connectivity index (χ0v) is 13.3. The van der Waals surface area contributed by atoms with Gasteiger partial charge in [-0.3, -0.25) is 0 Å². The summed E-state index contributed by atoms with van der Waals surface area (Å²) in [7, 11) is 0. The molecule has 4 heteroatoms. The second-order valence-corrected chi connectivity index (χ2v) is 7.79. The third-order valence-corrected chi connectivity index (χ3v) is 6.61. The first kappa shape index (κ1) is 13.9. The number of rotatable bonds is 1. The number of hydrogen-bond donors (Lipinski definition) is 1. The molecule has 0 bridgehead atoms. The van der Waals surface area contributed by atoms with Crippen molar-refractivity contribution in [2.45, 2.75) is 64.0 Å². The Kier molecular flexibility index (Phi) is 3.40. The summed E-state index contributed by atoms with van der Waals surface area (Å²) in [5.41, 5.74) is 6.72. The maximum absolute atomic E-state index is 6.37. The summed E-state index contributed by atoms with van der Waals surface area (Å²) in [6, 6.07) is 0.437. The van der Waals surface area contributed by atoms with Gasteiger partial charge in [-0.1, -0.05) is 19.8 Å². The molecule has 4 nitrogen and oxygen atoms in total. The molecule has 4 fully saturated rings. The van der Waals surface area contributed by atoms with E-state index in [1.165, 1.54) is 44.9 Å². The Morgan fingerprint density at radius 2 is 1.90 bits per heavy atom. The summed E-state index contributed by atoms with van der Waals surface area (Å²) < 4.78 is 6.04. The lowest BCUT2D eigenvalue weighted by atomic mass is 9.54. The molecule has 0 amide bonds. The Morgan fingerprint density at radius 1 is 1.19 bits per heavy atom. The second kappa shape index (κ2) is 5.15. The molecule has 2 saturated carbocycles. The number of piperidine rings is 1. The molecule has 2 heterocycles. The zero-order valence-electron chi connectivity index (χ0n) is 13.3. The molecule has 2 aliphatic carbocycles. The van der Waals surface area contributed by atoms with Crippen LogP contribution in [0.1, 0.15) is 51.9 Å². The molecule has 1 spiro atoms. The minimum atomic E-state index is 0.342. The van der Waals surface area contributed by atoms with Crippen molar-refractivity contribution >= 4 is 5.96 Å². The Bertz CT molecular complexity index is 422. The fraction of sp³-hybridized carbons (Fsp3) is 0.941. The van der Waals surface area contributed by atoms with Crippen molar-refractivity contribution in [2.75, 3.05) is 19.7 Å². The smallest absolute Gasteiger partial charge is 0.191 e. The number of ether oxygens (including phenoxy) is 1. The molecular formula is C17H29N3O. The Balaban J connectivity index is 1.51. The third kappa shape index (κ3) is 2.09. The van der Waals surface area contributed by atoms with Crippen molar-refractivity contribution in [2.24, 2.45) is 28.0 Å². The molecule has 0 radical (unpaired) electrons.